The summed E-state index contributed by atoms with van der Waals surface area (Å²) in [5.74, 6) is 0.885. The monoisotopic (exact) mass is 232 g/mol. The highest BCUT2D eigenvalue weighted by atomic mass is 16.5. The molecule has 2 rings (SSSR count). The Hall–Kier alpha value is -1.77. The van der Waals surface area contributed by atoms with Crippen LogP contribution in [0.4, 0.5) is 0 Å². The Bertz CT molecular complexity index is 432. The molecule has 0 aliphatic carbocycles. The van der Waals surface area contributed by atoms with E-state index in [4.69, 9.17) is 4.74 Å². The molecule has 0 radical (unpaired) electrons. The first-order valence-electron chi connectivity index (χ1n) is 5.90. The molecular formula is C14H20N2O. The van der Waals surface area contributed by atoms with Gasteiger partial charge < -0.3 is 4.74 Å². The standard InChI is InChI=1S/C12H14N2O.C2H6/c1-10-7-13-14(8-10)9-11-3-5-12(15-2)6-4-11;1-2/h3-8H,9H2,1-2H3;1-2H3. The summed E-state index contributed by atoms with van der Waals surface area (Å²) in [5, 5.41) is 4.24. The summed E-state index contributed by atoms with van der Waals surface area (Å²) in [5.41, 5.74) is 2.41. The molecule has 1 aromatic heterocycles. The van der Waals surface area contributed by atoms with Gasteiger partial charge in [0.15, 0.2) is 0 Å². The van der Waals surface area contributed by atoms with Gasteiger partial charge in [-0.15, -0.1) is 0 Å². The van der Waals surface area contributed by atoms with Crippen LogP contribution < -0.4 is 4.74 Å². The maximum atomic E-state index is 5.10. The molecule has 3 nitrogen and oxygen atoms in total. The van der Waals surface area contributed by atoms with E-state index >= 15 is 0 Å². The number of ether oxygens (including phenoxy) is 1. The molecule has 3 heteroatoms. The van der Waals surface area contributed by atoms with Crippen molar-refractivity contribution < 1.29 is 4.74 Å². The van der Waals surface area contributed by atoms with Gasteiger partial charge in [-0.1, -0.05) is 26.0 Å². The van der Waals surface area contributed by atoms with Crippen molar-refractivity contribution in [3.8, 4) is 5.75 Å². The van der Waals surface area contributed by atoms with Crippen LogP contribution >= 0.6 is 0 Å². The van der Waals surface area contributed by atoms with Crippen LogP contribution in [-0.4, -0.2) is 16.9 Å². The third-order valence-corrected chi connectivity index (χ3v) is 2.27. The highest BCUT2D eigenvalue weighted by Gasteiger charge is 1.97. The van der Waals surface area contributed by atoms with Crippen LogP contribution in [0.5, 0.6) is 5.75 Å². The molecule has 0 aliphatic rings. The van der Waals surface area contributed by atoms with Gasteiger partial charge in [-0.2, -0.15) is 5.10 Å². The molecule has 1 heterocycles. The third kappa shape index (κ3) is 3.94. The average molecular weight is 232 g/mol. The predicted octanol–water partition coefficient (Wildman–Crippen LogP) is 3.27. The Kier molecular flexibility index (Phi) is 5.27. The molecule has 0 aliphatic heterocycles. The van der Waals surface area contributed by atoms with E-state index in [1.54, 1.807) is 7.11 Å². The van der Waals surface area contributed by atoms with Crippen LogP contribution in [0.1, 0.15) is 25.0 Å². The molecule has 0 bridgehead atoms. The first kappa shape index (κ1) is 13.3. The summed E-state index contributed by atoms with van der Waals surface area (Å²) < 4.78 is 7.03. The molecule has 0 saturated heterocycles. The van der Waals surface area contributed by atoms with Gasteiger partial charge in [-0.25, -0.2) is 0 Å². The lowest BCUT2D eigenvalue weighted by Crippen LogP contribution is -1.99. The summed E-state index contributed by atoms with van der Waals surface area (Å²) in [6.45, 7) is 6.84. The highest BCUT2D eigenvalue weighted by molar-refractivity contribution is 5.27. The van der Waals surface area contributed by atoms with Crippen molar-refractivity contribution in [2.75, 3.05) is 7.11 Å². The van der Waals surface area contributed by atoms with E-state index in [2.05, 4.69) is 17.2 Å². The SMILES string of the molecule is CC.COc1ccc(Cn2cc(C)cn2)cc1. The molecule has 0 amide bonds. The number of hydrogen-bond donors (Lipinski definition) is 0. The second-order valence-corrected chi connectivity index (χ2v) is 3.56. The van der Waals surface area contributed by atoms with E-state index in [0.717, 1.165) is 12.3 Å². The third-order valence-electron chi connectivity index (χ3n) is 2.27. The second kappa shape index (κ2) is 6.74. The minimum atomic E-state index is 0.803. The van der Waals surface area contributed by atoms with E-state index in [-0.39, 0.29) is 0 Å². The van der Waals surface area contributed by atoms with Gasteiger partial charge >= 0.3 is 0 Å². The van der Waals surface area contributed by atoms with Gasteiger partial charge in [0.25, 0.3) is 0 Å². The van der Waals surface area contributed by atoms with Crippen molar-refractivity contribution in [2.45, 2.75) is 27.3 Å². The van der Waals surface area contributed by atoms with Crippen LogP contribution in [0, 0.1) is 6.92 Å². The lowest BCUT2D eigenvalue weighted by atomic mass is 10.2. The fourth-order valence-electron chi connectivity index (χ4n) is 1.47. The minimum Gasteiger partial charge on any atom is -0.497 e. The zero-order valence-electron chi connectivity index (χ0n) is 11.0. The quantitative estimate of drug-likeness (QED) is 0.812. The Morgan fingerprint density at radius 3 is 2.29 bits per heavy atom. The molecule has 0 spiro atoms. The molecule has 0 unspecified atom stereocenters. The van der Waals surface area contributed by atoms with Crippen LogP contribution in [0.25, 0.3) is 0 Å². The first-order valence-corrected chi connectivity index (χ1v) is 5.90. The largest absolute Gasteiger partial charge is 0.497 e. The van der Waals surface area contributed by atoms with Gasteiger partial charge in [0.1, 0.15) is 5.75 Å². The molecule has 1 aromatic carbocycles. The van der Waals surface area contributed by atoms with Crippen LogP contribution in [0.15, 0.2) is 36.7 Å². The van der Waals surface area contributed by atoms with Crippen molar-refractivity contribution in [2.24, 2.45) is 0 Å². The van der Waals surface area contributed by atoms with Crippen molar-refractivity contribution in [1.29, 1.82) is 0 Å². The van der Waals surface area contributed by atoms with Gasteiger partial charge in [-0.3, -0.25) is 4.68 Å². The highest BCUT2D eigenvalue weighted by Crippen LogP contribution is 2.12. The van der Waals surface area contributed by atoms with Gasteiger partial charge in [0, 0.05) is 6.20 Å². The second-order valence-electron chi connectivity index (χ2n) is 3.56. The fourth-order valence-corrected chi connectivity index (χ4v) is 1.47. The summed E-state index contributed by atoms with van der Waals surface area (Å²) in [4.78, 5) is 0. The average Bonchev–Trinajstić information content (AvgIpc) is 2.78. The zero-order chi connectivity index (χ0) is 12.7. The molecule has 0 N–H and O–H groups in total. The van der Waals surface area contributed by atoms with E-state index in [9.17, 15) is 0 Å². The van der Waals surface area contributed by atoms with Crippen LogP contribution in [0.3, 0.4) is 0 Å². The number of aromatic nitrogens is 2. The van der Waals surface area contributed by atoms with Crippen LogP contribution in [-0.2, 0) is 6.54 Å². The normalized spacial score (nSPS) is 9.41. The minimum absolute atomic E-state index is 0.803. The summed E-state index contributed by atoms with van der Waals surface area (Å²) >= 11 is 0. The number of aryl methyl sites for hydroxylation is 1. The Morgan fingerprint density at radius 2 is 1.82 bits per heavy atom. The maximum Gasteiger partial charge on any atom is 0.118 e. The number of rotatable bonds is 3. The zero-order valence-corrected chi connectivity index (χ0v) is 11.0. The predicted molar refractivity (Wildman–Crippen MR) is 70.4 cm³/mol. The van der Waals surface area contributed by atoms with E-state index in [0.29, 0.717) is 0 Å². The Balaban J connectivity index is 0.000000686. The molecule has 17 heavy (non-hydrogen) atoms. The van der Waals surface area contributed by atoms with Gasteiger partial charge in [-0.05, 0) is 30.2 Å². The van der Waals surface area contributed by atoms with Crippen molar-refractivity contribution in [3.05, 3.63) is 47.8 Å². The van der Waals surface area contributed by atoms with Crippen molar-refractivity contribution in [3.63, 3.8) is 0 Å². The molecular weight excluding hydrogens is 212 g/mol. The van der Waals surface area contributed by atoms with Crippen LogP contribution in [0.2, 0.25) is 0 Å². The smallest absolute Gasteiger partial charge is 0.118 e. The van der Waals surface area contributed by atoms with Crippen molar-refractivity contribution in [1.82, 2.24) is 9.78 Å². The lowest BCUT2D eigenvalue weighted by molar-refractivity contribution is 0.414. The number of hydrogen-bond acceptors (Lipinski definition) is 2. The maximum absolute atomic E-state index is 5.10. The lowest BCUT2D eigenvalue weighted by Gasteiger charge is -2.03. The Morgan fingerprint density at radius 1 is 1.18 bits per heavy atom. The summed E-state index contributed by atoms with van der Waals surface area (Å²) in [7, 11) is 1.67. The molecule has 0 saturated carbocycles. The first-order chi connectivity index (χ1) is 8.28. The number of benzene rings is 1. The molecule has 0 fully saturated rings. The van der Waals surface area contributed by atoms with Gasteiger partial charge in [0.05, 0.1) is 19.9 Å². The number of methoxy groups -OCH3 is 1. The Labute approximate surface area is 103 Å². The van der Waals surface area contributed by atoms with E-state index < -0.39 is 0 Å². The van der Waals surface area contributed by atoms with Crippen molar-refractivity contribution >= 4 is 0 Å². The summed E-state index contributed by atoms with van der Waals surface area (Å²) in [6, 6.07) is 8.03. The van der Waals surface area contributed by atoms with Gasteiger partial charge in [0.2, 0.25) is 0 Å². The molecule has 0 atom stereocenters. The fraction of sp³-hybridized carbons (Fsp3) is 0.357. The topological polar surface area (TPSA) is 27.1 Å². The van der Waals surface area contributed by atoms with E-state index in [1.165, 1.54) is 11.1 Å². The number of nitrogens with zero attached hydrogens (tertiary/aromatic N) is 2. The molecule has 2 aromatic rings. The summed E-state index contributed by atoms with van der Waals surface area (Å²) in [6.07, 6.45) is 3.90. The molecule has 92 valence electrons. The van der Waals surface area contributed by atoms with E-state index in [1.807, 2.05) is 50.0 Å².